The predicted octanol–water partition coefficient (Wildman–Crippen LogP) is 3.72. The minimum absolute atomic E-state index is 0.0899. The van der Waals surface area contributed by atoms with Crippen molar-refractivity contribution in [3.8, 4) is 11.1 Å². The smallest absolute Gasteiger partial charge is 0.228 e. The molecule has 0 unspecified atom stereocenters. The van der Waals surface area contributed by atoms with Crippen LogP contribution in [0.3, 0.4) is 0 Å². The second kappa shape index (κ2) is 6.50. The van der Waals surface area contributed by atoms with Crippen LogP contribution < -0.4 is 5.32 Å². The van der Waals surface area contributed by atoms with Crippen molar-refractivity contribution >= 4 is 11.7 Å². The van der Waals surface area contributed by atoms with Crippen molar-refractivity contribution in [2.24, 2.45) is 5.92 Å². The van der Waals surface area contributed by atoms with Crippen LogP contribution in [-0.4, -0.2) is 29.9 Å². The SMILES string of the molecule is C[C@H](c1cccc(-c2ccc(NC(=O)C3CC3)nc2)c1)N(C)C. The van der Waals surface area contributed by atoms with Crippen LogP contribution in [0.2, 0.25) is 0 Å². The Balaban J connectivity index is 1.76. The number of hydrogen-bond donors (Lipinski definition) is 1. The molecule has 1 amide bonds. The quantitative estimate of drug-likeness (QED) is 0.915. The summed E-state index contributed by atoms with van der Waals surface area (Å²) in [6, 6.07) is 12.8. The van der Waals surface area contributed by atoms with E-state index in [-0.39, 0.29) is 11.8 Å². The van der Waals surface area contributed by atoms with E-state index in [1.54, 1.807) is 0 Å². The average molecular weight is 309 g/mol. The highest BCUT2D eigenvalue weighted by atomic mass is 16.2. The van der Waals surface area contributed by atoms with Gasteiger partial charge in [0.1, 0.15) is 5.82 Å². The summed E-state index contributed by atoms with van der Waals surface area (Å²) in [4.78, 5) is 18.3. The van der Waals surface area contributed by atoms with Crippen LogP contribution in [0.1, 0.15) is 31.4 Å². The maximum Gasteiger partial charge on any atom is 0.228 e. The van der Waals surface area contributed by atoms with Gasteiger partial charge >= 0.3 is 0 Å². The van der Waals surface area contributed by atoms with Gasteiger partial charge in [0.2, 0.25) is 5.91 Å². The van der Waals surface area contributed by atoms with E-state index in [1.807, 2.05) is 18.3 Å². The van der Waals surface area contributed by atoms with Crippen LogP contribution in [-0.2, 0) is 4.79 Å². The molecule has 0 saturated heterocycles. The maximum absolute atomic E-state index is 11.8. The molecule has 3 rings (SSSR count). The van der Waals surface area contributed by atoms with Gasteiger partial charge in [-0.25, -0.2) is 4.98 Å². The highest BCUT2D eigenvalue weighted by Crippen LogP contribution is 2.30. The molecule has 1 aliphatic rings. The summed E-state index contributed by atoms with van der Waals surface area (Å²) < 4.78 is 0. The number of pyridine rings is 1. The lowest BCUT2D eigenvalue weighted by atomic mass is 10.0. The van der Waals surface area contributed by atoms with Gasteiger partial charge in [-0.05, 0) is 63.2 Å². The zero-order chi connectivity index (χ0) is 16.4. The first-order chi connectivity index (χ1) is 11.0. The Labute approximate surface area is 137 Å². The van der Waals surface area contributed by atoms with E-state index in [9.17, 15) is 4.79 Å². The summed E-state index contributed by atoms with van der Waals surface area (Å²) in [5, 5.41) is 2.87. The molecular formula is C19H23N3O. The number of benzene rings is 1. The number of carbonyl (C=O) groups is 1. The fourth-order valence-corrected chi connectivity index (χ4v) is 2.49. The molecule has 1 aliphatic carbocycles. The monoisotopic (exact) mass is 309 g/mol. The van der Waals surface area contributed by atoms with E-state index in [4.69, 9.17) is 0 Å². The molecule has 120 valence electrons. The molecule has 1 aromatic carbocycles. The second-order valence-electron chi connectivity index (χ2n) is 6.46. The van der Waals surface area contributed by atoms with E-state index < -0.39 is 0 Å². The molecule has 0 bridgehead atoms. The van der Waals surface area contributed by atoms with E-state index in [2.05, 4.69) is 60.5 Å². The Morgan fingerprint density at radius 2 is 2.00 bits per heavy atom. The summed E-state index contributed by atoms with van der Waals surface area (Å²) in [6.45, 7) is 2.19. The highest BCUT2D eigenvalue weighted by molar-refractivity contribution is 5.93. The molecule has 1 atom stereocenters. The van der Waals surface area contributed by atoms with Crippen molar-refractivity contribution in [3.63, 3.8) is 0 Å². The van der Waals surface area contributed by atoms with Crippen molar-refractivity contribution < 1.29 is 4.79 Å². The van der Waals surface area contributed by atoms with E-state index >= 15 is 0 Å². The molecule has 4 nitrogen and oxygen atoms in total. The first kappa shape index (κ1) is 15.7. The van der Waals surface area contributed by atoms with Gasteiger partial charge in [-0.1, -0.05) is 18.2 Å². The first-order valence-electron chi connectivity index (χ1n) is 8.08. The Kier molecular flexibility index (Phi) is 4.44. The number of anilines is 1. The minimum Gasteiger partial charge on any atom is -0.310 e. The van der Waals surface area contributed by atoms with Gasteiger partial charge in [-0.2, -0.15) is 0 Å². The van der Waals surface area contributed by atoms with Crippen LogP contribution in [0.15, 0.2) is 42.6 Å². The van der Waals surface area contributed by atoms with Crippen LogP contribution in [0, 0.1) is 5.92 Å². The van der Waals surface area contributed by atoms with Crippen molar-refractivity contribution in [1.29, 1.82) is 0 Å². The number of rotatable bonds is 5. The topological polar surface area (TPSA) is 45.2 Å². The number of nitrogens with zero attached hydrogens (tertiary/aromatic N) is 2. The van der Waals surface area contributed by atoms with Crippen molar-refractivity contribution in [2.75, 3.05) is 19.4 Å². The molecule has 0 radical (unpaired) electrons. The molecule has 23 heavy (non-hydrogen) atoms. The van der Waals surface area contributed by atoms with Crippen molar-refractivity contribution in [3.05, 3.63) is 48.2 Å². The Hall–Kier alpha value is -2.20. The summed E-state index contributed by atoms with van der Waals surface area (Å²) in [5.74, 6) is 0.913. The first-order valence-corrected chi connectivity index (χ1v) is 8.08. The van der Waals surface area contributed by atoms with Crippen LogP contribution in [0.4, 0.5) is 5.82 Å². The summed E-state index contributed by atoms with van der Waals surface area (Å²) >= 11 is 0. The fraction of sp³-hybridized carbons (Fsp3) is 0.368. The third-order valence-electron chi connectivity index (χ3n) is 4.44. The molecule has 0 spiro atoms. The van der Waals surface area contributed by atoms with Crippen molar-refractivity contribution in [2.45, 2.75) is 25.8 Å². The molecule has 2 aromatic rings. The van der Waals surface area contributed by atoms with E-state index in [0.717, 1.165) is 24.0 Å². The maximum atomic E-state index is 11.8. The van der Waals surface area contributed by atoms with E-state index in [0.29, 0.717) is 11.9 Å². The highest BCUT2D eigenvalue weighted by Gasteiger charge is 2.29. The lowest BCUT2D eigenvalue weighted by Gasteiger charge is -2.20. The summed E-state index contributed by atoms with van der Waals surface area (Å²) in [6.07, 6.45) is 3.82. The van der Waals surface area contributed by atoms with Crippen molar-refractivity contribution in [1.82, 2.24) is 9.88 Å². The average Bonchev–Trinajstić information content (AvgIpc) is 3.40. The van der Waals surface area contributed by atoms with Crippen LogP contribution >= 0.6 is 0 Å². The van der Waals surface area contributed by atoms with Crippen LogP contribution in [0.25, 0.3) is 11.1 Å². The number of hydrogen-bond acceptors (Lipinski definition) is 3. The summed E-state index contributed by atoms with van der Waals surface area (Å²) in [5.41, 5.74) is 3.48. The number of aromatic nitrogens is 1. The van der Waals surface area contributed by atoms with Gasteiger partial charge in [0.15, 0.2) is 0 Å². The van der Waals surface area contributed by atoms with Gasteiger partial charge in [0, 0.05) is 23.7 Å². The standard InChI is InChI=1S/C19H23N3O/c1-13(22(2)3)15-5-4-6-16(11-15)17-9-10-18(20-12-17)21-19(23)14-7-8-14/h4-6,9-14H,7-8H2,1-3H3,(H,20,21,23)/t13-/m1/s1. The lowest BCUT2D eigenvalue weighted by Crippen LogP contribution is -2.16. The van der Waals surface area contributed by atoms with Gasteiger partial charge in [-0.3, -0.25) is 4.79 Å². The number of amides is 1. The third kappa shape index (κ3) is 3.77. The number of carbonyl (C=O) groups excluding carboxylic acids is 1. The molecule has 4 heteroatoms. The summed E-state index contributed by atoms with van der Waals surface area (Å²) in [7, 11) is 4.16. The third-order valence-corrected chi connectivity index (χ3v) is 4.44. The molecule has 1 aromatic heterocycles. The Morgan fingerprint density at radius 1 is 1.22 bits per heavy atom. The molecular weight excluding hydrogens is 286 g/mol. The zero-order valence-corrected chi connectivity index (χ0v) is 13.9. The van der Waals surface area contributed by atoms with Gasteiger partial charge < -0.3 is 10.2 Å². The lowest BCUT2D eigenvalue weighted by molar-refractivity contribution is -0.117. The molecule has 0 aliphatic heterocycles. The molecule has 1 N–H and O–H groups in total. The number of nitrogens with one attached hydrogen (secondary N) is 1. The molecule has 1 heterocycles. The molecule has 1 saturated carbocycles. The van der Waals surface area contributed by atoms with Gasteiger partial charge in [-0.15, -0.1) is 0 Å². The minimum atomic E-state index is 0.0899. The largest absolute Gasteiger partial charge is 0.310 e. The zero-order valence-electron chi connectivity index (χ0n) is 13.9. The molecule has 1 fully saturated rings. The van der Waals surface area contributed by atoms with Crippen LogP contribution in [0.5, 0.6) is 0 Å². The fourth-order valence-electron chi connectivity index (χ4n) is 2.49. The predicted molar refractivity (Wildman–Crippen MR) is 93.1 cm³/mol. The normalized spacial score (nSPS) is 15.5. The van der Waals surface area contributed by atoms with Gasteiger partial charge in [0.05, 0.1) is 0 Å². The Morgan fingerprint density at radius 3 is 2.61 bits per heavy atom. The van der Waals surface area contributed by atoms with Gasteiger partial charge in [0.25, 0.3) is 0 Å². The Bertz CT molecular complexity index is 690. The van der Waals surface area contributed by atoms with E-state index in [1.165, 1.54) is 5.56 Å². The second-order valence-corrected chi connectivity index (χ2v) is 6.46.